The first-order chi connectivity index (χ1) is 12.2. The zero-order valence-electron chi connectivity index (χ0n) is 14.5. The number of thiophene rings is 1. The van der Waals surface area contributed by atoms with Gasteiger partial charge in [-0.05, 0) is 42.9 Å². The third-order valence-corrected chi connectivity index (χ3v) is 6.02. The molecule has 0 spiro atoms. The minimum absolute atomic E-state index is 0.0564. The lowest BCUT2D eigenvalue weighted by molar-refractivity contribution is 0.186. The molecule has 0 amide bonds. The molecule has 1 atom stereocenters. The van der Waals surface area contributed by atoms with E-state index in [9.17, 15) is 4.79 Å². The fourth-order valence-electron chi connectivity index (χ4n) is 3.53. The third-order valence-electron chi connectivity index (χ3n) is 4.87. The number of hydrogen-bond acceptors (Lipinski definition) is 5. The monoisotopic (exact) mass is 355 g/mol. The number of rotatable bonds is 4. The maximum absolute atomic E-state index is 13.3. The SMILES string of the molecule is COCCn1c(-c2ccncc2)nc2sc3c(c2c1=O)CCC(C)C3. The lowest BCUT2D eigenvalue weighted by Gasteiger charge is -2.17. The predicted molar refractivity (Wildman–Crippen MR) is 100 cm³/mol. The molecule has 1 aliphatic rings. The molecule has 0 aromatic carbocycles. The summed E-state index contributed by atoms with van der Waals surface area (Å²) < 4.78 is 6.97. The average molecular weight is 355 g/mol. The van der Waals surface area contributed by atoms with Gasteiger partial charge in [0.25, 0.3) is 5.56 Å². The van der Waals surface area contributed by atoms with Gasteiger partial charge in [0.1, 0.15) is 10.7 Å². The first-order valence-corrected chi connectivity index (χ1v) is 9.45. The minimum atomic E-state index is 0.0564. The second kappa shape index (κ2) is 6.69. The highest BCUT2D eigenvalue weighted by atomic mass is 32.1. The van der Waals surface area contributed by atoms with E-state index in [0.29, 0.717) is 24.9 Å². The second-order valence-electron chi connectivity index (χ2n) is 6.65. The number of aryl methyl sites for hydroxylation is 1. The molecule has 0 aliphatic heterocycles. The zero-order chi connectivity index (χ0) is 17.4. The Kier molecular flexibility index (Phi) is 4.39. The molecular weight excluding hydrogens is 334 g/mol. The van der Waals surface area contributed by atoms with Gasteiger partial charge in [-0.15, -0.1) is 11.3 Å². The van der Waals surface area contributed by atoms with E-state index in [1.54, 1.807) is 35.4 Å². The molecule has 25 heavy (non-hydrogen) atoms. The Morgan fingerprint density at radius 1 is 1.36 bits per heavy atom. The normalized spacial score (nSPS) is 17.0. The van der Waals surface area contributed by atoms with E-state index in [4.69, 9.17) is 9.72 Å². The molecule has 130 valence electrons. The van der Waals surface area contributed by atoms with Crippen LogP contribution in [0.25, 0.3) is 21.6 Å². The van der Waals surface area contributed by atoms with E-state index < -0.39 is 0 Å². The van der Waals surface area contributed by atoms with Crippen molar-refractivity contribution in [1.29, 1.82) is 0 Å². The zero-order valence-corrected chi connectivity index (χ0v) is 15.3. The van der Waals surface area contributed by atoms with Crippen molar-refractivity contribution in [3.8, 4) is 11.4 Å². The van der Waals surface area contributed by atoms with E-state index >= 15 is 0 Å². The lowest BCUT2D eigenvalue weighted by Crippen LogP contribution is -2.26. The van der Waals surface area contributed by atoms with E-state index in [1.165, 1.54) is 10.4 Å². The third kappa shape index (κ3) is 2.89. The summed E-state index contributed by atoms with van der Waals surface area (Å²) in [6, 6.07) is 3.79. The molecule has 3 heterocycles. The van der Waals surface area contributed by atoms with Gasteiger partial charge in [-0.3, -0.25) is 14.3 Å². The van der Waals surface area contributed by atoms with Crippen molar-refractivity contribution in [2.45, 2.75) is 32.7 Å². The largest absolute Gasteiger partial charge is 0.383 e. The maximum atomic E-state index is 13.3. The van der Waals surface area contributed by atoms with Crippen molar-refractivity contribution in [2.75, 3.05) is 13.7 Å². The molecule has 6 heteroatoms. The first kappa shape index (κ1) is 16.4. The molecular formula is C19H21N3O2S. The van der Waals surface area contributed by atoms with E-state index in [0.717, 1.165) is 35.0 Å². The Morgan fingerprint density at radius 3 is 2.92 bits per heavy atom. The Morgan fingerprint density at radius 2 is 2.16 bits per heavy atom. The maximum Gasteiger partial charge on any atom is 0.262 e. The fourth-order valence-corrected chi connectivity index (χ4v) is 4.91. The van der Waals surface area contributed by atoms with Crippen molar-refractivity contribution in [3.63, 3.8) is 0 Å². The van der Waals surface area contributed by atoms with Crippen molar-refractivity contribution < 1.29 is 4.74 Å². The van der Waals surface area contributed by atoms with Gasteiger partial charge in [0.2, 0.25) is 0 Å². The van der Waals surface area contributed by atoms with Crippen LogP contribution in [0, 0.1) is 5.92 Å². The molecule has 0 fully saturated rings. The van der Waals surface area contributed by atoms with Crippen molar-refractivity contribution >= 4 is 21.6 Å². The highest BCUT2D eigenvalue weighted by molar-refractivity contribution is 7.18. The van der Waals surface area contributed by atoms with Crippen molar-refractivity contribution in [1.82, 2.24) is 14.5 Å². The number of methoxy groups -OCH3 is 1. The van der Waals surface area contributed by atoms with E-state index in [1.807, 2.05) is 12.1 Å². The highest BCUT2D eigenvalue weighted by Gasteiger charge is 2.24. The van der Waals surface area contributed by atoms with Crippen molar-refractivity contribution in [3.05, 3.63) is 45.3 Å². The summed E-state index contributed by atoms with van der Waals surface area (Å²) in [7, 11) is 1.65. The van der Waals surface area contributed by atoms with Crippen LogP contribution in [-0.2, 0) is 24.1 Å². The summed E-state index contributed by atoms with van der Waals surface area (Å²) in [4.78, 5) is 24.5. The summed E-state index contributed by atoms with van der Waals surface area (Å²) >= 11 is 1.69. The molecule has 4 rings (SSSR count). The topological polar surface area (TPSA) is 57.0 Å². The molecule has 3 aromatic heterocycles. The van der Waals surface area contributed by atoms with Crippen LogP contribution in [0.2, 0.25) is 0 Å². The van der Waals surface area contributed by atoms with Crippen LogP contribution in [0.3, 0.4) is 0 Å². The summed E-state index contributed by atoms with van der Waals surface area (Å²) in [5.41, 5.74) is 2.19. The van der Waals surface area contributed by atoms with E-state index in [-0.39, 0.29) is 5.56 Å². The Hall–Kier alpha value is -2.05. The molecule has 5 nitrogen and oxygen atoms in total. The highest BCUT2D eigenvalue weighted by Crippen LogP contribution is 2.36. The smallest absolute Gasteiger partial charge is 0.262 e. The molecule has 0 saturated carbocycles. The van der Waals surface area contributed by atoms with Crippen LogP contribution in [0.1, 0.15) is 23.8 Å². The molecule has 1 unspecified atom stereocenters. The second-order valence-corrected chi connectivity index (χ2v) is 7.74. The number of aromatic nitrogens is 3. The Labute approximate surface area is 150 Å². The minimum Gasteiger partial charge on any atom is -0.383 e. The molecule has 0 saturated heterocycles. The standard InChI is InChI=1S/C19H21N3O2S/c1-12-3-4-14-15(11-12)25-18-16(14)19(23)22(9-10-24-2)17(21-18)13-5-7-20-8-6-13/h5-8,12H,3-4,9-11H2,1-2H3. The summed E-state index contributed by atoms with van der Waals surface area (Å²) in [6.45, 7) is 3.26. The Balaban J connectivity index is 1.97. The predicted octanol–water partition coefficient (Wildman–Crippen LogP) is 3.29. The van der Waals surface area contributed by atoms with E-state index in [2.05, 4.69) is 11.9 Å². The fraction of sp³-hybridized carbons (Fsp3) is 0.421. The van der Waals surface area contributed by atoms with Gasteiger partial charge in [0.05, 0.1) is 18.5 Å². The molecule has 0 bridgehead atoms. The number of fused-ring (bicyclic) bond motifs is 3. The number of nitrogens with zero attached hydrogens (tertiary/aromatic N) is 3. The number of hydrogen-bond donors (Lipinski definition) is 0. The summed E-state index contributed by atoms with van der Waals surface area (Å²) in [6.07, 6.45) is 6.63. The van der Waals surface area contributed by atoms with Gasteiger partial charge in [0.15, 0.2) is 0 Å². The first-order valence-electron chi connectivity index (χ1n) is 8.63. The summed E-state index contributed by atoms with van der Waals surface area (Å²) in [5.74, 6) is 1.37. The van der Waals surface area contributed by atoms with Gasteiger partial charge >= 0.3 is 0 Å². The number of pyridine rings is 1. The lowest BCUT2D eigenvalue weighted by atomic mass is 9.89. The van der Waals surface area contributed by atoms with Crippen LogP contribution in [0.15, 0.2) is 29.3 Å². The van der Waals surface area contributed by atoms with Crippen LogP contribution in [0.4, 0.5) is 0 Å². The van der Waals surface area contributed by atoms with Crippen LogP contribution in [-0.4, -0.2) is 28.3 Å². The number of ether oxygens (including phenoxy) is 1. The molecule has 0 radical (unpaired) electrons. The Bertz CT molecular complexity index is 962. The average Bonchev–Trinajstić information content (AvgIpc) is 2.99. The van der Waals surface area contributed by atoms with Gasteiger partial charge in [-0.1, -0.05) is 6.92 Å². The molecule has 1 aliphatic carbocycles. The van der Waals surface area contributed by atoms with Crippen LogP contribution >= 0.6 is 11.3 Å². The van der Waals surface area contributed by atoms with Crippen LogP contribution in [0.5, 0.6) is 0 Å². The van der Waals surface area contributed by atoms with Gasteiger partial charge in [-0.25, -0.2) is 4.98 Å². The van der Waals surface area contributed by atoms with Crippen LogP contribution < -0.4 is 5.56 Å². The quantitative estimate of drug-likeness (QED) is 0.721. The molecule has 3 aromatic rings. The van der Waals surface area contributed by atoms with Crippen molar-refractivity contribution in [2.24, 2.45) is 5.92 Å². The van der Waals surface area contributed by atoms with Gasteiger partial charge in [-0.2, -0.15) is 0 Å². The summed E-state index contributed by atoms with van der Waals surface area (Å²) in [5, 5.41) is 0.820. The molecule has 0 N–H and O–H groups in total. The van der Waals surface area contributed by atoms with Gasteiger partial charge in [0, 0.05) is 29.9 Å². The van der Waals surface area contributed by atoms with Gasteiger partial charge < -0.3 is 4.74 Å².